The number of carbonyl (C=O) groups is 2. The van der Waals surface area contributed by atoms with Crippen LogP contribution in [-0.2, 0) is 6.37 Å². The number of amides is 2. The molecule has 186 valence electrons. The van der Waals surface area contributed by atoms with Crippen molar-refractivity contribution in [3.8, 4) is 22.4 Å². The summed E-state index contributed by atoms with van der Waals surface area (Å²) in [6.45, 7) is -2.92. The standard InChI is InChI=1S/C32H26N4O2/c1-21-33-28-19-20-36(29-14-8-7-13-27(29)30(28)34-21)32(38)23-15-17-24(18-16-23)35-31(37)26-12-6-5-11-25(26)22-9-3-2-4-10-22/h2-18H,19-20H2,1H3,(H,33,34)(H,35,37)/i1D3,19D2. The third kappa shape index (κ3) is 4.37. The van der Waals surface area contributed by atoms with Gasteiger partial charge in [-0.2, -0.15) is 0 Å². The number of rotatable bonds is 4. The number of fused-ring (bicyclic) bond motifs is 3. The van der Waals surface area contributed by atoms with Crippen molar-refractivity contribution in [2.75, 3.05) is 16.8 Å². The van der Waals surface area contributed by atoms with Gasteiger partial charge in [0.1, 0.15) is 5.82 Å². The van der Waals surface area contributed by atoms with Crippen LogP contribution in [0.1, 0.15) is 39.1 Å². The van der Waals surface area contributed by atoms with Crippen molar-refractivity contribution in [1.29, 1.82) is 0 Å². The van der Waals surface area contributed by atoms with Gasteiger partial charge in [0.05, 0.1) is 11.4 Å². The third-order valence-electron chi connectivity index (χ3n) is 6.46. The highest BCUT2D eigenvalue weighted by atomic mass is 16.2. The largest absolute Gasteiger partial charge is 0.346 e. The molecule has 0 spiro atoms. The lowest BCUT2D eigenvalue weighted by Gasteiger charge is -2.23. The molecule has 0 fully saturated rings. The molecule has 0 unspecified atom stereocenters. The first-order valence-electron chi connectivity index (χ1n) is 14.6. The lowest BCUT2D eigenvalue weighted by atomic mass is 9.99. The normalized spacial score (nSPS) is 15.9. The van der Waals surface area contributed by atoms with E-state index in [2.05, 4.69) is 15.3 Å². The molecule has 2 amide bonds. The Bertz CT molecular complexity index is 1830. The number of benzene rings is 4. The van der Waals surface area contributed by atoms with Gasteiger partial charge in [0, 0.05) is 47.8 Å². The zero-order chi connectivity index (χ0) is 30.4. The minimum atomic E-state index is -2.55. The molecule has 2 heterocycles. The Morgan fingerprint density at radius 2 is 1.61 bits per heavy atom. The van der Waals surface area contributed by atoms with Gasteiger partial charge in [-0.25, -0.2) is 4.98 Å². The summed E-state index contributed by atoms with van der Waals surface area (Å²) in [4.78, 5) is 35.3. The predicted molar refractivity (Wildman–Crippen MR) is 150 cm³/mol. The Balaban J connectivity index is 1.27. The van der Waals surface area contributed by atoms with Crippen LogP contribution < -0.4 is 10.2 Å². The van der Waals surface area contributed by atoms with Crippen molar-refractivity contribution in [2.24, 2.45) is 0 Å². The fourth-order valence-corrected chi connectivity index (χ4v) is 4.63. The number of aromatic nitrogens is 2. The summed E-state index contributed by atoms with van der Waals surface area (Å²) < 4.78 is 40.7. The van der Waals surface area contributed by atoms with E-state index >= 15 is 0 Å². The van der Waals surface area contributed by atoms with Crippen molar-refractivity contribution < 1.29 is 16.4 Å². The molecule has 5 aromatic rings. The second kappa shape index (κ2) is 9.82. The van der Waals surface area contributed by atoms with Gasteiger partial charge in [0.25, 0.3) is 11.8 Å². The lowest BCUT2D eigenvalue weighted by molar-refractivity contribution is 0.0986. The molecule has 0 saturated carbocycles. The maximum absolute atomic E-state index is 13.8. The van der Waals surface area contributed by atoms with Crippen molar-refractivity contribution in [3.63, 3.8) is 0 Å². The van der Waals surface area contributed by atoms with Crippen LogP contribution in [0.5, 0.6) is 0 Å². The van der Waals surface area contributed by atoms with Gasteiger partial charge < -0.3 is 15.2 Å². The van der Waals surface area contributed by atoms with Crippen LogP contribution in [0.4, 0.5) is 11.4 Å². The van der Waals surface area contributed by atoms with E-state index < -0.39 is 19.1 Å². The molecule has 6 heteroatoms. The van der Waals surface area contributed by atoms with Gasteiger partial charge in [0.2, 0.25) is 0 Å². The number of aromatic amines is 1. The maximum atomic E-state index is 13.8. The van der Waals surface area contributed by atoms with Crippen LogP contribution in [0.15, 0.2) is 103 Å². The molecule has 6 nitrogen and oxygen atoms in total. The lowest BCUT2D eigenvalue weighted by Crippen LogP contribution is -2.32. The molecular weight excluding hydrogens is 472 g/mol. The van der Waals surface area contributed by atoms with Crippen LogP contribution in [0.25, 0.3) is 22.4 Å². The van der Waals surface area contributed by atoms with Crippen molar-refractivity contribution >= 4 is 23.2 Å². The van der Waals surface area contributed by atoms with Gasteiger partial charge >= 0.3 is 0 Å². The SMILES string of the molecule is [2H]C([2H])([2H])c1nc2c([nH]1)C([2H])([2H])CN(C(=O)c1ccc(NC(=O)c3ccccc3-c3ccccc3)cc1)c1ccccc1-2. The highest BCUT2D eigenvalue weighted by Crippen LogP contribution is 2.36. The highest BCUT2D eigenvalue weighted by Gasteiger charge is 2.26. The molecule has 0 aliphatic carbocycles. The van der Waals surface area contributed by atoms with Gasteiger partial charge in [-0.1, -0.05) is 66.7 Å². The fraction of sp³-hybridized carbons (Fsp3) is 0.0938. The summed E-state index contributed by atoms with van der Waals surface area (Å²) >= 11 is 0. The summed E-state index contributed by atoms with van der Waals surface area (Å²) in [7, 11) is 0. The highest BCUT2D eigenvalue weighted by molar-refractivity contribution is 6.10. The maximum Gasteiger partial charge on any atom is 0.258 e. The number of hydrogen-bond acceptors (Lipinski definition) is 3. The number of aryl methyl sites for hydroxylation is 1. The van der Waals surface area contributed by atoms with E-state index in [0.29, 0.717) is 22.5 Å². The van der Waals surface area contributed by atoms with Gasteiger partial charge in [0.15, 0.2) is 0 Å². The average molecular weight is 504 g/mol. The number of hydrogen-bond donors (Lipinski definition) is 2. The predicted octanol–water partition coefficient (Wildman–Crippen LogP) is 6.51. The number of para-hydroxylation sites is 1. The summed E-state index contributed by atoms with van der Waals surface area (Å²) in [5, 5.41) is 2.90. The Labute approximate surface area is 228 Å². The van der Waals surface area contributed by atoms with Crippen LogP contribution in [0.2, 0.25) is 0 Å². The second-order valence-electron chi connectivity index (χ2n) is 8.84. The van der Waals surface area contributed by atoms with E-state index in [9.17, 15) is 9.59 Å². The van der Waals surface area contributed by atoms with Crippen molar-refractivity contribution in [1.82, 2.24) is 9.97 Å². The number of nitrogens with zero attached hydrogens (tertiary/aromatic N) is 2. The van der Waals surface area contributed by atoms with Crippen LogP contribution >= 0.6 is 0 Å². The summed E-state index contributed by atoms with van der Waals surface area (Å²) in [5.74, 6) is -1.05. The molecule has 38 heavy (non-hydrogen) atoms. The Kier molecular flexibility index (Phi) is 4.73. The monoisotopic (exact) mass is 503 g/mol. The number of imidazole rings is 1. The Morgan fingerprint density at radius 3 is 2.39 bits per heavy atom. The minimum absolute atomic E-state index is 0.00946. The molecule has 6 rings (SSSR count). The molecule has 0 atom stereocenters. The van der Waals surface area contributed by atoms with Crippen molar-refractivity contribution in [3.05, 3.63) is 126 Å². The first kappa shape index (κ1) is 18.3. The van der Waals surface area contributed by atoms with E-state index in [0.717, 1.165) is 11.1 Å². The third-order valence-corrected chi connectivity index (χ3v) is 6.46. The summed E-state index contributed by atoms with van der Waals surface area (Å²) in [6.07, 6.45) is -2.12. The smallest absolute Gasteiger partial charge is 0.258 e. The molecule has 0 radical (unpaired) electrons. The molecule has 0 saturated heterocycles. The molecular formula is C32H26N4O2. The van der Waals surface area contributed by atoms with E-state index in [1.807, 2.05) is 42.5 Å². The number of carbonyl (C=O) groups excluding carboxylic acids is 2. The van der Waals surface area contributed by atoms with Crippen molar-refractivity contribution in [2.45, 2.75) is 13.2 Å². The number of anilines is 2. The molecule has 2 N–H and O–H groups in total. The topological polar surface area (TPSA) is 78.1 Å². The van der Waals surface area contributed by atoms with E-state index in [-0.39, 0.29) is 35.2 Å². The van der Waals surface area contributed by atoms with Crippen LogP contribution in [0.3, 0.4) is 0 Å². The summed E-state index contributed by atoms with van der Waals surface area (Å²) in [5.41, 5.74) is 4.03. The first-order valence-corrected chi connectivity index (χ1v) is 12.1. The fourth-order valence-electron chi connectivity index (χ4n) is 4.63. The summed E-state index contributed by atoms with van der Waals surface area (Å²) in [6, 6.07) is 30.2. The first-order chi connectivity index (χ1) is 20.5. The Morgan fingerprint density at radius 1 is 0.895 bits per heavy atom. The minimum Gasteiger partial charge on any atom is -0.346 e. The molecule has 0 bridgehead atoms. The van der Waals surface area contributed by atoms with E-state index in [1.165, 1.54) is 4.90 Å². The zero-order valence-electron chi connectivity index (χ0n) is 25.2. The average Bonchev–Trinajstić information content (AvgIpc) is 3.45. The van der Waals surface area contributed by atoms with Crippen LogP contribution in [-0.4, -0.2) is 28.3 Å². The van der Waals surface area contributed by atoms with E-state index in [4.69, 9.17) is 6.85 Å². The quantitative estimate of drug-likeness (QED) is 0.294. The molecule has 4 aromatic carbocycles. The van der Waals surface area contributed by atoms with E-state index in [1.54, 1.807) is 60.7 Å². The number of H-pyrrole nitrogens is 1. The zero-order valence-corrected chi connectivity index (χ0v) is 20.2. The van der Waals surface area contributed by atoms with Crippen LogP contribution in [0, 0.1) is 6.85 Å². The molecule has 1 aromatic heterocycles. The number of nitrogens with one attached hydrogen (secondary N) is 2. The van der Waals surface area contributed by atoms with Gasteiger partial charge in [-0.3, -0.25) is 9.59 Å². The second-order valence-corrected chi connectivity index (χ2v) is 8.84. The van der Waals surface area contributed by atoms with Gasteiger partial charge in [-0.15, -0.1) is 0 Å². The molecule has 1 aliphatic rings. The Hall–Kier alpha value is -4.97. The molecule has 1 aliphatic heterocycles. The van der Waals surface area contributed by atoms with Gasteiger partial charge in [-0.05, 0) is 54.4 Å².